The van der Waals surface area contributed by atoms with Gasteiger partial charge in [0.25, 0.3) is 0 Å². The first-order valence-corrected chi connectivity index (χ1v) is 7.86. The van der Waals surface area contributed by atoms with Crippen molar-refractivity contribution in [1.82, 2.24) is 5.16 Å². The fourth-order valence-corrected chi connectivity index (χ4v) is 2.67. The molecule has 0 fully saturated rings. The number of hydrogen-bond acceptors (Lipinski definition) is 5. The molecule has 0 aliphatic heterocycles. The van der Waals surface area contributed by atoms with Crippen LogP contribution in [-0.2, 0) is 20.7 Å². The third-order valence-corrected chi connectivity index (χ3v) is 3.98. The highest BCUT2D eigenvalue weighted by Gasteiger charge is 2.31. The Morgan fingerprint density at radius 2 is 1.92 bits per heavy atom. The van der Waals surface area contributed by atoms with E-state index >= 15 is 0 Å². The van der Waals surface area contributed by atoms with Crippen molar-refractivity contribution >= 4 is 17.6 Å². The maximum absolute atomic E-state index is 13.0. The molecule has 0 bridgehead atoms. The molecule has 1 aromatic carbocycles. The van der Waals surface area contributed by atoms with Crippen LogP contribution < -0.4 is 4.90 Å². The van der Waals surface area contributed by atoms with Gasteiger partial charge in [0.15, 0.2) is 0 Å². The normalized spacial score (nSPS) is 11.8. The first-order chi connectivity index (χ1) is 11.5. The standard InChI is InChI=1S/C18H22N2O4/c1-5-16(18(22)23-4)20(14-9-7-6-8-10-14)17(21)11-15-12(2)19-24-13(15)3/h6-10,16H,5,11H2,1-4H3/t16-/m0/s1. The summed E-state index contributed by atoms with van der Waals surface area (Å²) in [6.07, 6.45) is 0.568. The SMILES string of the molecule is CC[C@@H](C(=O)OC)N(C(=O)Cc1c(C)noc1C)c1ccccc1. The molecule has 0 spiro atoms. The smallest absolute Gasteiger partial charge is 0.328 e. The number of benzene rings is 1. The van der Waals surface area contributed by atoms with E-state index in [1.165, 1.54) is 12.0 Å². The number of anilines is 1. The molecular formula is C18H22N2O4. The van der Waals surface area contributed by atoms with E-state index in [1.807, 2.05) is 25.1 Å². The van der Waals surface area contributed by atoms with Crippen LogP contribution in [0.25, 0.3) is 0 Å². The molecular weight excluding hydrogens is 308 g/mol. The highest BCUT2D eigenvalue weighted by Crippen LogP contribution is 2.22. The minimum absolute atomic E-state index is 0.115. The Hall–Kier alpha value is -2.63. The fourth-order valence-electron chi connectivity index (χ4n) is 2.67. The minimum Gasteiger partial charge on any atom is -0.467 e. The predicted molar refractivity (Wildman–Crippen MR) is 89.7 cm³/mol. The van der Waals surface area contributed by atoms with Gasteiger partial charge in [-0.05, 0) is 32.4 Å². The number of aromatic nitrogens is 1. The molecule has 128 valence electrons. The van der Waals surface area contributed by atoms with Crippen LogP contribution >= 0.6 is 0 Å². The molecule has 6 heteroatoms. The van der Waals surface area contributed by atoms with Crippen molar-refractivity contribution in [1.29, 1.82) is 0 Å². The summed E-state index contributed by atoms with van der Waals surface area (Å²) in [5.74, 6) is -0.0266. The van der Waals surface area contributed by atoms with Gasteiger partial charge in [0.05, 0.1) is 19.2 Å². The maximum atomic E-state index is 13.0. The molecule has 0 saturated carbocycles. The van der Waals surface area contributed by atoms with Crippen LogP contribution in [0.5, 0.6) is 0 Å². The van der Waals surface area contributed by atoms with Crippen LogP contribution in [0.4, 0.5) is 5.69 Å². The van der Waals surface area contributed by atoms with Gasteiger partial charge < -0.3 is 9.26 Å². The number of ether oxygens (including phenoxy) is 1. The molecule has 1 heterocycles. The van der Waals surface area contributed by atoms with Gasteiger partial charge in [0, 0.05) is 11.3 Å². The number of carbonyl (C=O) groups is 2. The number of para-hydroxylation sites is 1. The second-order valence-electron chi connectivity index (χ2n) is 5.53. The summed E-state index contributed by atoms with van der Waals surface area (Å²) in [6.45, 7) is 5.41. The molecule has 6 nitrogen and oxygen atoms in total. The van der Waals surface area contributed by atoms with E-state index in [0.717, 1.165) is 5.56 Å². The average Bonchev–Trinajstić information content (AvgIpc) is 2.91. The van der Waals surface area contributed by atoms with Crippen molar-refractivity contribution in [3.05, 3.63) is 47.3 Å². The Morgan fingerprint density at radius 3 is 2.42 bits per heavy atom. The highest BCUT2D eigenvalue weighted by atomic mass is 16.5. The predicted octanol–water partition coefficient (Wildman–Crippen LogP) is 2.82. The molecule has 24 heavy (non-hydrogen) atoms. The zero-order valence-electron chi connectivity index (χ0n) is 14.4. The van der Waals surface area contributed by atoms with Crippen LogP contribution in [0.15, 0.2) is 34.9 Å². The molecule has 0 aliphatic rings. The number of methoxy groups -OCH3 is 1. The number of rotatable bonds is 6. The third kappa shape index (κ3) is 3.64. The second-order valence-corrected chi connectivity index (χ2v) is 5.53. The van der Waals surface area contributed by atoms with Gasteiger partial charge >= 0.3 is 5.97 Å². The summed E-state index contributed by atoms with van der Waals surface area (Å²) < 4.78 is 10.00. The van der Waals surface area contributed by atoms with E-state index in [1.54, 1.807) is 26.0 Å². The first-order valence-electron chi connectivity index (χ1n) is 7.86. The van der Waals surface area contributed by atoms with E-state index in [0.29, 0.717) is 23.6 Å². The van der Waals surface area contributed by atoms with Gasteiger partial charge in [-0.25, -0.2) is 4.79 Å². The van der Waals surface area contributed by atoms with Crippen LogP contribution in [0.1, 0.15) is 30.4 Å². The second kappa shape index (κ2) is 7.77. The van der Waals surface area contributed by atoms with Crippen molar-refractivity contribution in [2.75, 3.05) is 12.0 Å². The third-order valence-electron chi connectivity index (χ3n) is 3.98. The van der Waals surface area contributed by atoms with E-state index < -0.39 is 12.0 Å². The summed E-state index contributed by atoms with van der Waals surface area (Å²) in [7, 11) is 1.33. The number of carbonyl (C=O) groups excluding carboxylic acids is 2. The number of hydrogen-bond donors (Lipinski definition) is 0. The van der Waals surface area contributed by atoms with Crippen molar-refractivity contribution in [3.63, 3.8) is 0 Å². The largest absolute Gasteiger partial charge is 0.467 e. The Kier molecular flexibility index (Phi) is 5.73. The lowest BCUT2D eigenvalue weighted by Gasteiger charge is -2.29. The molecule has 2 rings (SSSR count). The zero-order valence-corrected chi connectivity index (χ0v) is 14.4. The molecule has 1 amide bonds. The number of esters is 1. The molecule has 0 aliphatic carbocycles. The summed E-state index contributed by atoms with van der Waals surface area (Å²) >= 11 is 0. The van der Waals surface area contributed by atoms with Gasteiger partial charge in [0.1, 0.15) is 11.8 Å². The van der Waals surface area contributed by atoms with E-state index in [9.17, 15) is 9.59 Å². The first kappa shape index (κ1) is 17.7. The van der Waals surface area contributed by atoms with E-state index in [-0.39, 0.29) is 12.3 Å². The highest BCUT2D eigenvalue weighted by molar-refractivity contribution is 6.00. The molecule has 2 aromatic rings. The number of amides is 1. The Labute approximate surface area is 141 Å². The molecule has 0 N–H and O–H groups in total. The van der Waals surface area contributed by atoms with E-state index in [2.05, 4.69) is 5.16 Å². The Morgan fingerprint density at radius 1 is 1.25 bits per heavy atom. The molecule has 1 atom stereocenters. The summed E-state index contributed by atoms with van der Waals surface area (Å²) in [5.41, 5.74) is 2.09. The molecule has 1 aromatic heterocycles. The van der Waals surface area contributed by atoms with E-state index in [4.69, 9.17) is 9.26 Å². The summed E-state index contributed by atoms with van der Waals surface area (Å²) in [5, 5.41) is 3.88. The summed E-state index contributed by atoms with van der Waals surface area (Å²) in [4.78, 5) is 26.6. The number of nitrogens with zero attached hydrogens (tertiary/aromatic N) is 2. The van der Waals surface area contributed by atoms with Gasteiger partial charge in [-0.3, -0.25) is 9.69 Å². The van der Waals surface area contributed by atoms with Gasteiger partial charge in [-0.15, -0.1) is 0 Å². The number of aryl methyl sites for hydroxylation is 2. The van der Waals surface area contributed by atoms with Crippen molar-refractivity contribution in [2.45, 2.75) is 39.7 Å². The lowest BCUT2D eigenvalue weighted by molar-refractivity contribution is -0.143. The minimum atomic E-state index is -0.676. The Bertz CT molecular complexity index is 690. The maximum Gasteiger partial charge on any atom is 0.328 e. The lowest BCUT2D eigenvalue weighted by Crippen LogP contribution is -2.46. The van der Waals surface area contributed by atoms with Crippen LogP contribution in [-0.4, -0.2) is 30.2 Å². The lowest BCUT2D eigenvalue weighted by atomic mass is 10.1. The van der Waals surface area contributed by atoms with Crippen LogP contribution in [0.3, 0.4) is 0 Å². The quantitative estimate of drug-likeness (QED) is 0.762. The van der Waals surface area contributed by atoms with Crippen LogP contribution in [0, 0.1) is 13.8 Å². The summed E-state index contributed by atoms with van der Waals surface area (Å²) in [6, 6.07) is 8.45. The van der Waals surface area contributed by atoms with Crippen molar-refractivity contribution in [3.8, 4) is 0 Å². The average molecular weight is 330 g/mol. The van der Waals surface area contributed by atoms with Crippen LogP contribution in [0.2, 0.25) is 0 Å². The molecule has 0 saturated heterocycles. The van der Waals surface area contributed by atoms with Gasteiger partial charge in [-0.2, -0.15) is 0 Å². The van der Waals surface area contributed by atoms with Crippen molar-refractivity contribution < 1.29 is 18.8 Å². The van der Waals surface area contributed by atoms with Gasteiger partial charge in [0.2, 0.25) is 5.91 Å². The van der Waals surface area contributed by atoms with Gasteiger partial charge in [-0.1, -0.05) is 30.3 Å². The Balaban J connectivity index is 2.38. The van der Waals surface area contributed by atoms with Crippen molar-refractivity contribution in [2.24, 2.45) is 0 Å². The fraction of sp³-hybridized carbons (Fsp3) is 0.389. The zero-order chi connectivity index (χ0) is 17.7. The topological polar surface area (TPSA) is 72.6 Å². The monoisotopic (exact) mass is 330 g/mol. The molecule has 0 unspecified atom stereocenters. The molecule has 0 radical (unpaired) electrons.